The molecule has 0 spiro atoms. The van der Waals surface area contributed by atoms with Crippen molar-refractivity contribution in [2.75, 3.05) is 65.7 Å². The molecule has 2 aromatic rings. The largest absolute Gasteiger partial charge is 0.446 e. The topological polar surface area (TPSA) is 48.1 Å². The minimum atomic E-state index is -0.368. The van der Waals surface area contributed by atoms with Gasteiger partial charge in [0, 0.05) is 31.7 Å². The van der Waals surface area contributed by atoms with Crippen LogP contribution in [0.2, 0.25) is 0 Å². The van der Waals surface area contributed by atoms with Gasteiger partial charge in [0.1, 0.15) is 6.10 Å². The van der Waals surface area contributed by atoms with Crippen molar-refractivity contribution in [3.63, 3.8) is 0 Å². The summed E-state index contributed by atoms with van der Waals surface area (Å²) >= 11 is 0. The van der Waals surface area contributed by atoms with E-state index in [-0.39, 0.29) is 12.2 Å². The highest BCUT2D eigenvalue weighted by molar-refractivity contribution is 5.91. The first-order valence-electron chi connectivity index (χ1n) is 11.7. The van der Waals surface area contributed by atoms with Crippen LogP contribution in [0.15, 0.2) is 54.6 Å². The Morgan fingerprint density at radius 1 is 0.969 bits per heavy atom. The highest BCUT2D eigenvalue weighted by Gasteiger charge is 2.22. The molecular formula is C26H38N4O2. The van der Waals surface area contributed by atoms with Crippen LogP contribution in [0.5, 0.6) is 0 Å². The van der Waals surface area contributed by atoms with E-state index < -0.39 is 0 Å². The lowest BCUT2D eigenvalue weighted by Gasteiger charge is -2.32. The van der Waals surface area contributed by atoms with Crippen LogP contribution in [0.1, 0.15) is 19.3 Å². The van der Waals surface area contributed by atoms with Gasteiger partial charge in [0.25, 0.3) is 0 Å². The zero-order chi connectivity index (χ0) is 22.8. The average molecular weight is 439 g/mol. The molecule has 2 aromatic carbocycles. The summed E-state index contributed by atoms with van der Waals surface area (Å²) in [5.41, 5.74) is 2.84. The van der Waals surface area contributed by atoms with Gasteiger partial charge in [0.05, 0.1) is 5.69 Å². The van der Waals surface area contributed by atoms with E-state index in [9.17, 15) is 4.79 Å². The number of carbonyl (C=O) groups is 1. The van der Waals surface area contributed by atoms with Crippen LogP contribution >= 0.6 is 0 Å². The standard InChI is InChI=1S/C26H38N4O2/c1-28(2)16-9-17-29(3)20-21-30-18-14-23(15-19-30)32-26(31)27-25-13-8-7-12-24(25)22-10-5-4-6-11-22/h4-8,10-13,23H,9,14-21H2,1-3H3,(H,27,31). The van der Waals surface area contributed by atoms with Crippen LogP contribution in [0.4, 0.5) is 10.5 Å². The molecule has 0 unspecified atom stereocenters. The molecule has 1 fully saturated rings. The highest BCUT2D eigenvalue weighted by atomic mass is 16.6. The van der Waals surface area contributed by atoms with Crippen LogP contribution in [0, 0.1) is 0 Å². The number of nitrogens with zero attached hydrogens (tertiary/aromatic N) is 3. The van der Waals surface area contributed by atoms with E-state index >= 15 is 0 Å². The molecule has 32 heavy (non-hydrogen) atoms. The number of amides is 1. The van der Waals surface area contributed by atoms with Gasteiger partial charge in [-0.15, -0.1) is 0 Å². The molecule has 1 N–H and O–H groups in total. The Morgan fingerprint density at radius 2 is 1.66 bits per heavy atom. The smallest absolute Gasteiger partial charge is 0.411 e. The molecule has 6 nitrogen and oxygen atoms in total. The number of benzene rings is 2. The second-order valence-corrected chi connectivity index (χ2v) is 8.94. The van der Waals surface area contributed by atoms with Gasteiger partial charge < -0.3 is 19.4 Å². The second kappa shape index (κ2) is 12.6. The first-order chi connectivity index (χ1) is 15.5. The molecule has 1 aliphatic rings. The van der Waals surface area contributed by atoms with E-state index in [1.807, 2.05) is 54.6 Å². The highest BCUT2D eigenvalue weighted by Crippen LogP contribution is 2.28. The number of carbonyl (C=O) groups excluding carboxylic acids is 1. The Kier molecular flexibility index (Phi) is 9.53. The van der Waals surface area contributed by atoms with Gasteiger partial charge in [-0.1, -0.05) is 48.5 Å². The van der Waals surface area contributed by atoms with E-state index in [2.05, 4.69) is 41.2 Å². The van der Waals surface area contributed by atoms with Crippen LogP contribution in [0.3, 0.4) is 0 Å². The Bertz CT molecular complexity index is 820. The van der Waals surface area contributed by atoms with Gasteiger partial charge in [-0.2, -0.15) is 0 Å². The minimum absolute atomic E-state index is 0.0204. The van der Waals surface area contributed by atoms with Crippen molar-refractivity contribution >= 4 is 11.8 Å². The van der Waals surface area contributed by atoms with E-state index in [0.717, 1.165) is 68.9 Å². The van der Waals surface area contributed by atoms with E-state index in [0.29, 0.717) is 0 Å². The first-order valence-corrected chi connectivity index (χ1v) is 11.7. The van der Waals surface area contributed by atoms with Crippen molar-refractivity contribution < 1.29 is 9.53 Å². The lowest BCUT2D eigenvalue weighted by molar-refractivity contribution is 0.0565. The molecule has 0 bridgehead atoms. The Morgan fingerprint density at radius 3 is 2.38 bits per heavy atom. The molecule has 0 aromatic heterocycles. The van der Waals surface area contributed by atoms with Crippen molar-refractivity contribution in [3.8, 4) is 11.1 Å². The molecule has 0 atom stereocenters. The SMILES string of the molecule is CN(C)CCCN(C)CCN1CCC(OC(=O)Nc2ccccc2-c2ccccc2)CC1. The van der Waals surface area contributed by atoms with Crippen LogP contribution in [0.25, 0.3) is 11.1 Å². The summed E-state index contributed by atoms with van der Waals surface area (Å²) in [5.74, 6) is 0. The number of hydrogen-bond acceptors (Lipinski definition) is 5. The molecule has 6 heteroatoms. The summed E-state index contributed by atoms with van der Waals surface area (Å²) in [6, 6.07) is 17.9. The molecule has 174 valence electrons. The maximum Gasteiger partial charge on any atom is 0.411 e. The monoisotopic (exact) mass is 438 g/mol. The predicted molar refractivity (Wildman–Crippen MR) is 132 cm³/mol. The Labute approximate surface area is 193 Å². The number of anilines is 1. The molecule has 0 aliphatic carbocycles. The fourth-order valence-corrected chi connectivity index (χ4v) is 4.08. The first kappa shape index (κ1) is 24.2. The predicted octanol–water partition coefficient (Wildman–Crippen LogP) is 4.25. The number of piperidine rings is 1. The van der Waals surface area contributed by atoms with E-state index in [1.165, 1.54) is 6.42 Å². The lowest BCUT2D eigenvalue weighted by Crippen LogP contribution is -2.42. The van der Waals surface area contributed by atoms with Crippen LogP contribution in [-0.2, 0) is 4.74 Å². The molecule has 0 saturated carbocycles. The zero-order valence-corrected chi connectivity index (χ0v) is 19.8. The Balaban J connectivity index is 1.39. The number of ether oxygens (including phenoxy) is 1. The van der Waals surface area contributed by atoms with Gasteiger partial charge in [0.2, 0.25) is 0 Å². The summed E-state index contributed by atoms with van der Waals surface area (Å²) in [7, 11) is 6.44. The molecule has 1 amide bonds. The summed E-state index contributed by atoms with van der Waals surface area (Å²) < 4.78 is 5.74. The average Bonchev–Trinajstić information content (AvgIpc) is 2.79. The third kappa shape index (κ3) is 7.93. The lowest BCUT2D eigenvalue weighted by atomic mass is 10.0. The van der Waals surface area contributed by atoms with Crippen molar-refractivity contribution in [2.24, 2.45) is 0 Å². The van der Waals surface area contributed by atoms with Crippen molar-refractivity contribution in [3.05, 3.63) is 54.6 Å². The summed E-state index contributed by atoms with van der Waals surface area (Å²) in [5, 5.41) is 2.95. The van der Waals surface area contributed by atoms with Crippen LogP contribution < -0.4 is 5.32 Å². The molecule has 1 saturated heterocycles. The molecule has 3 rings (SSSR count). The number of likely N-dealkylation sites (N-methyl/N-ethyl adjacent to an activating group) is 1. The number of para-hydroxylation sites is 1. The van der Waals surface area contributed by atoms with Gasteiger partial charge in [-0.05, 0) is 65.1 Å². The molecular weight excluding hydrogens is 400 g/mol. The van der Waals surface area contributed by atoms with Crippen molar-refractivity contribution in [1.82, 2.24) is 14.7 Å². The summed E-state index contributed by atoms with van der Waals surface area (Å²) in [6.07, 6.45) is 2.58. The van der Waals surface area contributed by atoms with Gasteiger partial charge in [-0.3, -0.25) is 5.32 Å². The van der Waals surface area contributed by atoms with Crippen LogP contribution in [-0.4, -0.2) is 87.3 Å². The molecule has 0 radical (unpaired) electrons. The fourth-order valence-electron chi connectivity index (χ4n) is 4.08. The van der Waals surface area contributed by atoms with Gasteiger partial charge >= 0.3 is 6.09 Å². The summed E-state index contributed by atoms with van der Waals surface area (Å²) in [4.78, 5) is 19.7. The number of hydrogen-bond donors (Lipinski definition) is 1. The number of rotatable bonds is 10. The normalized spacial score (nSPS) is 15.3. The molecule has 1 aliphatic heterocycles. The molecule has 1 heterocycles. The van der Waals surface area contributed by atoms with Crippen molar-refractivity contribution in [1.29, 1.82) is 0 Å². The quantitative estimate of drug-likeness (QED) is 0.601. The number of nitrogens with one attached hydrogen (secondary N) is 1. The minimum Gasteiger partial charge on any atom is -0.446 e. The third-order valence-corrected chi connectivity index (χ3v) is 6.00. The third-order valence-electron chi connectivity index (χ3n) is 6.00. The van der Waals surface area contributed by atoms with Gasteiger partial charge in [-0.25, -0.2) is 4.79 Å². The maximum absolute atomic E-state index is 12.6. The number of likely N-dealkylation sites (tertiary alicyclic amines) is 1. The van der Waals surface area contributed by atoms with E-state index in [1.54, 1.807) is 0 Å². The van der Waals surface area contributed by atoms with Gasteiger partial charge in [0.15, 0.2) is 0 Å². The zero-order valence-electron chi connectivity index (χ0n) is 19.8. The van der Waals surface area contributed by atoms with E-state index in [4.69, 9.17) is 4.74 Å². The second-order valence-electron chi connectivity index (χ2n) is 8.94. The summed E-state index contributed by atoms with van der Waals surface area (Å²) in [6.45, 7) is 6.36. The van der Waals surface area contributed by atoms with Crippen molar-refractivity contribution in [2.45, 2.75) is 25.4 Å². The Hall–Kier alpha value is -2.41. The fraction of sp³-hybridized carbons (Fsp3) is 0.500. The maximum atomic E-state index is 12.6.